The number of thiophene rings is 1. The van der Waals surface area contributed by atoms with E-state index in [9.17, 15) is 4.79 Å². The molecule has 0 saturated carbocycles. The third kappa shape index (κ3) is 5.24. The van der Waals surface area contributed by atoms with Crippen LogP contribution in [0.15, 0.2) is 66.0 Å². The number of carbonyl (C=O) groups excluding carboxylic acids is 1. The summed E-state index contributed by atoms with van der Waals surface area (Å²) in [5.41, 5.74) is 2.07. The molecule has 4 aromatic rings. The lowest BCUT2D eigenvalue weighted by molar-refractivity contribution is 0.0957. The second-order valence-corrected chi connectivity index (χ2v) is 7.98. The van der Waals surface area contributed by atoms with Crippen LogP contribution in [0.2, 0.25) is 0 Å². The van der Waals surface area contributed by atoms with Gasteiger partial charge < -0.3 is 19.4 Å². The Morgan fingerprint density at radius 2 is 1.87 bits per heavy atom. The average molecular weight is 436 g/mol. The Balaban J connectivity index is 1.36. The van der Waals surface area contributed by atoms with Gasteiger partial charge in [0.2, 0.25) is 0 Å². The lowest BCUT2D eigenvalue weighted by Crippen LogP contribution is -2.24. The number of nitrogens with zero attached hydrogens (tertiary/aromatic N) is 2. The zero-order valence-corrected chi connectivity index (χ0v) is 18.2. The molecule has 0 atom stereocenters. The van der Waals surface area contributed by atoms with Gasteiger partial charge in [-0.15, -0.1) is 11.3 Å². The summed E-state index contributed by atoms with van der Waals surface area (Å²) in [5, 5.41) is 4.89. The molecule has 0 fully saturated rings. The molecule has 0 aliphatic heterocycles. The van der Waals surface area contributed by atoms with Gasteiger partial charge in [0.1, 0.15) is 23.9 Å². The largest absolute Gasteiger partial charge is 0.497 e. The van der Waals surface area contributed by atoms with Crippen LogP contribution in [-0.2, 0) is 13.0 Å². The molecule has 31 heavy (non-hydrogen) atoms. The normalized spacial score (nSPS) is 10.9. The van der Waals surface area contributed by atoms with Crippen LogP contribution >= 0.6 is 11.3 Å². The van der Waals surface area contributed by atoms with Gasteiger partial charge in [0.15, 0.2) is 0 Å². The number of para-hydroxylation sites is 2. The third-order valence-corrected chi connectivity index (χ3v) is 5.85. The van der Waals surface area contributed by atoms with E-state index in [1.807, 2.05) is 60.0 Å². The fraction of sp³-hybridized carbons (Fsp3) is 0.250. The summed E-state index contributed by atoms with van der Waals surface area (Å²) in [5.74, 6) is 2.60. The van der Waals surface area contributed by atoms with E-state index in [1.165, 1.54) is 11.3 Å². The molecule has 0 radical (unpaired) electrons. The Bertz CT molecular complexity index is 1120. The van der Waals surface area contributed by atoms with E-state index in [0.29, 0.717) is 19.7 Å². The molecule has 7 heteroatoms. The van der Waals surface area contributed by atoms with Gasteiger partial charge >= 0.3 is 0 Å². The number of aromatic nitrogens is 2. The number of aryl methyl sites for hydroxylation is 1. The number of hydrogen-bond acceptors (Lipinski definition) is 5. The Hall–Kier alpha value is -3.32. The van der Waals surface area contributed by atoms with E-state index in [2.05, 4.69) is 16.0 Å². The van der Waals surface area contributed by atoms with Crippen LogP contribution in [0.25, 0.3) is 11.0 Å². The summed E-state index contributed by atoms with van der Waals surface area (Å²) in [4.78, 5) is 17.6. The van der Waals surface area contributed by atoms with Crippen LogP contribution in [0.3, 0.4) is 0 Å². The third-order valence-electron chi connectivity index (χ3n) is 4.98. The quantitative estimate of drug-likeness (QED) is 0.371. The first-order valence-corrected chi connectivity index (χ1v) is 11.2. The Morgan fingerprint density at radius 3 is 2.65 bits per heavy atom. The zero-order chi connectivity index (χ0) is 21.5. The summed E-state index contributed by atoms with van der Waals surface area (Å²) in [6.45, 7) is 1.85. The molecule has 2 aromatic carbocycles. The van der Waals surface area contributed by atoms with Crippen molar-refractivity contribution in [1.29, 1.82) is 0 Å². The molecule has 4 rings (SSSR count). The van der Waals surface area contributed by atoms with Crippen LogP contribution in [0, 0.1) is 0 Å². The highest BCUT2D eigenvalue weighted by molar-refractivity contribution is 7.12. The smallest absolute Gasteiger partial charge is 0.261 e. The molecule has 2 heterocycles. The number of benzene rings is 2. The zero-order valence-electron chi connectivity index (χ0n) is 17.4. The maximum Gasteiger partial charge on any atom is 0.261 e. The molecule has 6 nitrogen and oxygen atoms in total. The number of methoxy groups -OCH3 is 1. The number of imidazole rings is 1. The van der Waals surface area contributed by atoms with Gasteiger partial charge in [-0.1, -0.05) is 18.2 Å². The van der Waals surface area contributed by atoms with Crippen molar-refractivity contribution in [3.05, 3.63) is 76.7 Å². The van der Waals surface area contributed by atoms with Gasteiger partial charge in [0.05, 0.1) is 29.6 Å². The monoisotopic (exact) mass is 435 g/mol. The predicted octanol–water partition coefficient (Wildman–Crippen LogP) is 4.55. The number of rotatable bonds is 10. The number of carbonyl (C=O) groups is 1. The molecule has 0 unspecified atom stereocenters. The summed E-state index contributed by atoms with van der Waals surface area (Å²) < 4.78 is 13.3. The van der Waals surface area contributed by atoms with Gasteiger partial charge in [0.25, 0.3) is 5.91 Å². The number of hydrogen-bond donors (Lipinski definition) is 1. The van der Waals surface area contributed by atoms with Crippen molar-refractivity contribution in [3.63, 3.8) is 0 Å². The topological polar surface area (TPSA) is 65.4 Å². The van der Waals surface area contributed by atoms with E-state index in [4.69, 9.17) is 14.5 Å². The van der Waals surface area contributed by atoms with Crippen LogP contribution < -0.4 is 14.8 Å². The molecule has 0 aliphatic rings. The number of nitrogens with one attached hydrogen (secondary N) is 1. The molecular formula is C24H25N3O3S. The van der Waals surface area contributed by atoms with Crippen LogP contribution in [0.1, 0.15) is 21.9 Å². The molecule has 160 valence electrons. The summed E-state index contributed by atoms with van der Waals surface area (Å²) >= 11 is 1.45. The van der Waals surface area contributed by atoms with Crippen molar-refractivity contribution in [1.82, 2.24) is 14.9 Å². The Morgan fingerprint density at radius 1 is 1.06 bits per heavy atom. The first kappa shape index (κ1) is 20.9. The molecule has 0 bridgehead atoms. The predicted molar refractivity (Wildman–Crippen MR) is 123 cm³/mol. The molecule has 0 aliphatic carbocycles. The fourth-order valence-electron chi connectivity index (χ4n) is 3.44. The first-order chi connectivity index (χ1) is 15.2. The maximum absolute atomic E-state index is 12.1. The maximum atomic E-state index is 12.1. The molecule has 2 aromatic heterocycles. The summed E-state index contributed by atoms with van der Waals surface area (Å²) in [6.07, 6.45) is 1.60. The minimum Gasteiger partial charge on any atom is -0.497 e. The van der Waals surface area contributed by atoms with Crippen molar-refractivity contribution in [2.75, 3.05) is 20.3 Å². The van der Waals surface area contributed by atoms with Crippen LogP contribution in [0.4, 0.5) is 0 Å². The molecular weight excluding hydrogens is 410 g/mol. The van der Waals surface area contributed by atoms with Crippen molar-refractivity contribution >= 4 is 28.3 Å². The lowest BCUT2D eigenvalue weighted by Gasteiger charge is -2.11. The van der Waals surface area contributed by atoms with Crippen molar-refractivity contribution in [2.45, 2.75) is 19.4 Å². The van der Waals surface area contributed by atoms with Gasteiger partial charge in [-0.05, 0) is 54.3 Å². The van der Waals surface area contributed by atoms with Crippen molar-refractivity contribution < 1.29 is 14.3 Å². The number of amides is 1. The van der Waals surface area contributed by atoms with E-state index in [-0.39, 0.29) is 5.91 Å². The van der Waals surface area contributed by atoms with E-state index in [1.54, 1.807) is 7.11 Å². The highest BCUT2D eigenvalue weighted by atomic mass is 32.1. The van der Waals surface area contributed by atoms with E-state index >= 15 is 0 Å². The fourth-order valence-corrected chi connectivity index (χ4v) is 4.08. The summed E-state index contributed by atoms with van der Waals surface area (Å²) in [6, 6.07) is 19.4. The highest BCUT2D eigenvalue weighted by Crippen LogP contribution is 2.19. The lowest BCUT2D eigenvalue weighted by atomic mass is 10.3. The van der Waals surface area contributed by atoms with Crippen LogP contribution in [0.5, 0.6) is 11.5 Å². The van der Waals surface area contributed by atoms with Gasteiger partial charge in [-0.2, -0.15) is 0 Å². The van der Waals surface area contributed by atoms with E-state index in [0.717, 1.165) is 46.1 Å². The second kappa shape index (κ2) is 10.1. The first-order valence-electron chi connectivity index (χ1n) is 10.3. The Labute approximate surface area is 185 Å². The highest BCUT2D eigenvalue weighted by Gasteiger charge is 2.11. The second-order valence-electron chi connectivity index (χ2n) is 7.03. The van der Waals surface area contributed by atoms with Crippen LogP contribution in [-0.4, -0.2) is 35.7 Å². The Kier molecular flexibility index (Phi) is 6.84. The standard InChI is InChI=1S/C24H25N3O3S/c1-29-18-10-12-19(13-11-18)30-16-15-27-21-7-3-2-6-20(21)26-23(27)9-4-14-25-24(28)22-8-5-17-31-22/h2-3,5-8,10-13,17H,4,9,14-16H2,1H3,(H,25,28). The number of fused-ring (bicyclic) bond motifs is 1. The van der Waals surface area contributed by atoms with Crippen molar-refractivity contribution in [3.8, 4) is 11.5 Å². The minimum atomic E-state index is -0.0172. The molecule has 0 spiro atoms. The van der Waals surface area contributed by atoms with Gasteiger partial charge in [-0.25, -0.2) is 4.98 Å². The molecule has 0 saturated heterocycles. The van der Waals surface area contributed by atoms with E-state index < -0.39 is 0 Å². The molecule has 1 amide bonds. The van der Waals surface area contributed by atoms with Crippen molar-refractivity contribution in [2.24, 2.45) is 0 Å². The average Bonchev–Trinajstić information content (AvgIpc) is 3.46. The van der Waals surface area contributed by atoms with Gasteiger partial charge in [-0.3, -0.25) is 4.79 Å². The molecule has 1 N–H and O–H groups in total. The van der Waals surface area contributed by atoms with Gasteiger partial charge in [0, 0.05) is 13.0 Å². The number of ether oxygens (including phenoxy) is 2. The SMILES string of the molecule is COc1ccc(OCCn2c(CCCNC(=O)c3cccs3)nc3ccccc32)cc1. The minimum absolute atomic E-state index is 0.0172. The summed E-state index contributed by atoms with van der Waals surface area (Å²) in [7, 11) is 1.65.